The topological polar surface area (TPSA) is 96.2 Å². The zero-order valence-electron chi connectivity index (χ0n) is 19.4. The molecule has 3 N–H and O–H groups in total. The molecule has 1 fully saturated rings. The van der Waals surface area contributed by atoms with Gasteiger partial charge >= 0.3 is 6.03 Å². The second-order valence-corrected chi connectivity index (χ2v) is 9.27. The Morgan fingerprint density at radius 2 is 1.75 bits per heavy atom. The van der Waals surface area contributed by atoms with Crippen LogP contribution in [0.3, 0.4) is 0 Å². The number of rotatable bonds is 6. The summed E-state index contributed by atoms with van der Waals surface area (Å²) in [6.07, 6.45) is 3.08. The molecule has 1 heterocycles. The molecular formula is C28H25ClN4O3. The van der Waals surface area contributed by atoms with Gasteiger partial charge in [-0.15, -0.1) is 0 Å². The van der Waals surface area contributed by atoms with Crippen LogP contribution in [0.1, 0.15) is 46.8 Å². The van der Waals surface area contributed by atoms with Gasteiger partial charge in [0.15, 0.2) is 0 Å². The smallest absolute Gasteiger partial charge is 0.342 e. The molecule has 0 radical (unpaired) electrons. The number of anilines is 1. The molecule has 182 valence electrons. The summed E-state index contributed by atoms with van der Waals surface area (Å²) in [5.41, 5.74) is 3.66. The van der Waals surface area contributed by atoms with E-state index in [0.29, 0.717) is 34.1 Å². The van der Waals surface area contributed by atoms with E-state index in [9.17, 15) is 14.7 Å². The molecule has 0 bridgehead atoms. The van der Waals surface area contributed by atoms with Gasteiger partial charge in [-0.3, -0.25) is 4.79 Å². The van der Waals surface area contributed by atoms with Gasteiger partial charge in [0.25, 0.3) is 5.91 Å². The number of nitrogens with one attached hydrogen (secondary N) is 2. The SMILES string of the molecule is O=C(Nc1ccc(O)c(-c2cc(C3CCC3)n(C(=O)NCc3ccccc3)n2)c1)c1ccc(Cl)cc1. The van der Waals surface area contributed by atoms with Gasteiger partial charge in [-0.2, -0.15) is 9.78 Å². The maximum absolute atomic E-state index is 13.1. The van der Waals surface area contributed by atoms with Crippen LogP contribution in [-0.4, -0.2) is 26.8 Å². The summed E-state index contributed by atoms with van der Waals surface area (Å²) >= 11 is 5.91. The van der Waals surface area contributed by atoms with Crippen molar-refractivity contribution in [3.63, 3.8) is 0 Å². The molecule has 8 heteroatoms. The predicted octanol–water partition coefficient (Wildman–Crippen LogP) is 6.19. The molecule has 1 aliphatic rings. The second-order valence-electron chi connectivity index (χ2n) is 8.83. The standard InChI is InChI=1S/C28H25ClN4O3/c29-21-11-9-20(10-12-21)27(35)31-22-13-14-26(34)23(15-22)24-16-25(19-7-4-8-19)33(32-24)28(36)30-17-18-5-2-1-3-6-18/h1-3,5-6,9-16,19,34H,4,7-8,17H2,(H,30,36)(H,31,35). The first-order valence-electron chi connectivity index (χ1n) is 11.8. The van der Waals surface area contributed by atoms with Crippen molar-refractivity contribution in [1.82, 2.24) is 15.1 Å². The van der Waals surface area contributed by atoms with Gasteiger partial charge in [-0.1, -0.05) is 48.4 Å². The number of carbonyl (C=O) groups is 2. The number of hydrogen-bond donors (Lipinski definition) is 3. The first kappa shape index (κ1) is 23.6. The molecule has 0 saturated heterocycles. The third-order valence-corrected chi connectivity index (χ3v) is 6.63. The zero-order chi connectivity index (χ0) is 25.1. The third-order valence-electron chi connectivity index (χ3n) is 6.38. The maximum Gasteiger partial charge on any atom is 0.342 e. The van der Waals surface area contributed by atoms with Gasteiger partial charge in [-0.25, -0.2) is 4.79 Å². The fourth-order valence-electron chi connectivity index (χ4n) is 4.16. The quantitative estimate of drug-likeness (QED) is 0.275. The number of amides is 2. The van der Waals surface area contributed by atoms with Crippen LogP contribution in [0, 0.1) is 0 Å². The number of aromatic hydroxyl groups is 1. The fourth-order valence-corrected chi connectivity index (χ4v) is 4.28. The van der Waals surface area contributed by atoms with Gasteiger partial charge in [-0.05, 0) is 66.9 Å². The summed E-state index contributed by atoms with van der Waals surface area (Å²) in [6.45, 7) is 0.385. The number of nitrogens with zero attached hydrogens (tertiary/aromatic N) is 2. The highest BCUT2D eigenvalue weighted by molar-refractivity contribution is 6.30. The van der Waals surface area contributed by atoms with E-state index in [-0.39, 0.29) is 23.6 Å². The predicted molar refractivity (Wildman–Crippen MR) is 139 cm³/mol. The Balaban J connectivity index is 1.40. The average molecular weight is 501 g/mol. The van der Waals surface area contributed by atoms with Gasteiger partial charge in [0, 0.05) is 34.3 Å². The molecule has 4 aromatic rings. The fraction of sp³-hybridized carbons (Fsp3) is 0.179. The lowest BCUT2D eigenvalue weighted by molar-refractivity contribution is 0.102. The number of aromatic nitrogens is 2. The van der Waals surface area contributed by atoms with Crippen molar-refractivity contribution in [2.24, 2.45) is 0 Å². The van der Waals surface area contributed by atoms with E-state index in [2.05, 4.69) is 15.7 Å². The molecule has 0 aliphatic heterocycles. The summed E-state index contributed by atoms with van der Waals surface area (Å²) in [4.78, 5) is 25.7. The highest BCUT2D eigenvalue weighted by atomic mass is 35.5. The average Bonchev–Trinajstić information content (AvgIpc) is 3.28. The van der Waals surface area contributed by atoms with Crippen LogP contribution >= 0.6 is 11.6 Å². The van der Waals surface area contributed by atoms with Gasteiger partial charge in [0.05, 0.1) is 11.4 Å². The molecule has 2 amide bonds. The van der Waals surface area contributed by atoms with Crippen LogP contribution in [0.4, 0.5) is 10.5 Å². The van der Waals surface area contributed by atoms with Crippen LogP contribution in [0.2, 0.25) is 5.02 Å². The summed E-state index contributed by atoms with van der Waals surface area (Å²) in [5, 5.41) is 21.5. The summed E-state index contributed by atoms with van der Waals surface area (Å²) in [6, 6.07) is 22.6. The van der Waals surface area contributed by atoms with Crippen molar-refractivity contribution >= 4 is 29.2 Å². The van der Waals surface area contributed by atoms with Crippen molar-refractivity contribution in [3.8, 4) is 17.0 Å². The van der Waals surface area contributed by atoms with Crippen LogP contribution < -0.4 is 10.6 Å². The molecule has 7 nitrogen and oxygen atoms in total. The van der Waals surface area contributed by atoms with E-state index >= 15 is 0 Å². The molecule has 0 spiro atoms. The van der Waals surface area contributed by atoms with E-state index in [1.807, 2.05) is 36.4 Å². The molecular weight excluding hydrogens is 476 g/mol. The molecule has 1 aromatic heterocycles. The molecule has 1 saturated carbocycles. The minimum atomic E-state index is -0.321. The monoisotopic (exact) mass is 500 g/mol. The van der Waals surface area contributed by atoms with Crippen LogP contribution in [-0.2, 0) is 6.54 Å². The number of hydrogen-bond acceptors (Lipinski definition) is 4. The van der Waals surface area contributed by atoms with Crippen LogP contribution in [0.5, 0.6) is 5.75 Å². The summed E-state index contributed by atoms with van der Waals surface area (Å²) < 4.78 is 1.40. The van der Waals surface area contributed by atoms with E-state index in [4.69, 9.17) is 11.6 Å². The maximum atomic E-state index is 13.1. The van der Waals surface area contributed by atoms with Gasteiger partial charge in [0.1, 0.15) is 5.75 Å². The first-order valence-corrected chi connectivity index (χ1v) is 12.2. The number of phenols is 1. The van der Waals surface area contributed by atoms with Crippen molar-refractivity contribution in [3.05, 3.63) is 101 Å². The van der Waals surface area contributed by atoms with Crippen LogP contribution in [0.25, 0.3) is 11.3 Å². The van der Waals surface area contributed by atoms with E-state index in [1.165, 1.54) is 10.7 Å². The third kappa shape index (κ3) is 5.11. The molecule has 5 rings (SSSR count). The van der Waals surface area contributed by atoms with Gasteiger partial charge in [0.2, 0.25) is 0 Å². The Labute approximate surface area is 213 Å². The Kier molecular flexibility index (Phi) is 6.73. The lowest BCUT2D eigenvalue weighted by atomic mass is 9.82. The van der Waals surface area contributed by atoms with Crippen molar-refractivity contribution < 1.29 is 14.7 Å². The first-order chi connectivity index (χ1) is 17.5. The van der Waals surface area contributed by atoms with Crippen molar-refractivity contribution in [2.45, 2.75) is 31.7 Å². The van der Waals surface area contributed by atoms with Crippen LogP contribution in [0.15, 0.2) is 78.9 Å². The molecule has 0 unspecified atom stereocenters. The van der Waals surface area contributed by atoms with Crippen molar-refractivity contribution in [2.75, 3.05) is 5.32 Å². The second kappa shape index (κ2) is 10.3. The van der Waals surface area contributed by atoms with Gasteiger partial charge < -0.3 is 15.7 Å². The number of carbonyl (C=O) groups excluding carboxylic acids is 2. The Morgan fingerprint density at radius 1 is 1.00 bits per heavy atom. The van der Waals surface area contributed by atoms with E-state index < -0.39 is 0 Å². The summed E-state index contributed by atoms with van der Waals surface area (Å²) in [7, 11) is 0. The Bertz CT molecular complexity index is 1400. The zero-order valence-corrected chi connectivity index (χ0v) is 20.2. The lowest BCUT2D eigenvalue weighted by Crippen LogP contribution is -2.31. The minimum absolute atomic E-state index is 0.00833. The highest BCUT2D eigenvalue weighted by Crippen LogP contribution is 2.39. The number of halogens is 1. The minimum Gasteiger partial charge on any atom is -0.507 e. The van der Waals surface area contributed by atoms with Crippen molar-refractivity contribution in [1.29, 1.82) is 0 Å². The lowest BCUT2D eigenvalue weighted by Gasteiger charge is -2.25. The number of benzene rings is 3. The molecule has 0 atom stereocenters. The Morgan fingerprint density at radius 3 is 2.44 bits per heavy atom. The largest absolute Gasteiger partial charge is 0.507 e. The summed E-state index contributed by atoms with van der Waals surface area (Å²) in [5.74, 6) is -0.0538. The molecule has 36 heavy (non-hydrogen) atoms. The molecule has 1 aliphatic carbocycles. The number of phenolic OH excluding ortho intramolecular Hbond substituents is 1. The Hall–Kier alpha value is -4.10. The van der Waals surface area contributed by atoms with E-state index in [0.717, 1.165) is 30.5 Å². The highest BCUT2D eigenvalue weighted by Gasteiger charge is 2.27. The van der Waals surface area contributed by atoms with E-state index in [1.54, 1.807) is 36.4 Å². The molecule has 3 aromatic carbocycles. The normalized spacial score (nSPS) is 13.1.